The lowest BCUT2D eigenvalue weighted by Gasteiger charge is -2.67. The van der Waals surface area contributed by atoms with Gasteiger partial charge in [0.25, 0.3) is 0 Å². The maximum atomic E-state index is 14.9. The second-order valence-electron chi connectivity index (χ2n) is 19.2. The minimum Gasteiger partial charge on any atom is -0.387 e. The Kier molecular flexibility index (Phi) is 8.53. The van der Waals surface area contributed by atoms with Gasteiger partial charge >= 0.3 is 0 Å². The molecule has 17 unspecified atom stereocenters. The summed E-state index contributed by atoms with van der Waals surface area (Å²) >= 11 is 0. The number of Topliss-reactive ketones (excluding diaryl/α,β-unsaturated/α-hetero) is 1. The number of nitrogens with one attached hydrogen (secondary N) is 1. The SMILES string of the molecule is COCCCOC1CCC2(C)C(C1)C(=O)C1=C3C24C#CCC2CN2C(=O)C2CC5C(C)C(OC5C(O)N2)C(O)C(C)(O)C2CC(CC1)C3(O)C2(C)CC4. The zero-order valence-corrected chi connectivity index (χ0v) is 32.1. The number of carbonyl (C=O) groups excluding carboxylic acids is 2. The second-order valence-corrected chi connectivity index (χ2v) is 19.2. The molecule has 11 nitrogen and oxygen atoms in total. The molecular formula is C42H60N2O9. The third-order valence-electron chi connectivity index (χ3n) is 17.0. The zero-order chi connectivity index (χ0) is 37.5. The van der Waals surface area contributed by atoms with Gasteiger partial charge in [-0.05, 0) is 111 Å². The number of nitrogens with zero attached hydrogens (tertiary/aromatic N) is 1. The van der Waals surface area contributed by atoms with Gasteiger partial charge in [0.1, 0.15) is 18.4 Å². The predicted octanol–water partition coefficient (Wildman–Crippen LogP) is 2.47. The maximum Gasteiger partial charge on any atom is 0.240 e. The summed E-state index contributed by atoms with van der Waals surface area (Å²) in [5.74, 6) is 6.07. The van der Waals surface area contributed by atoms with E-state index < -0.39 is 63.9 Å². The van der Waals surface area contributed by atoms with Crippen molar-refractivity contribution in [1.29, 1.82) is 0 Å². The molecule has 5 heterocycles. The third kappa shape index (κ3) is 4.82. The number of hydrogen-bond acceptors (Lipinski definition) is 10. The first-order valence-corrected chi connectivity index (χ1v) is 20.6. The van der Waals surface area contributed by atoms with Crippen LogP contribution < -0.4 is 5.32 Å². The number of ether oxygens (including phenoxy) is 3. The first-order chi connectivity index (χ1) is 25.1. The lowest BCUT2D eigenvalue weighted by Crippen LogP contribution is -2.69. The molecule has 5 aliphatic heterocycles. The number of methoxy groups -OCH3 is 1. The molecular weight excluding hydrogens is 676 g/mol. The van der Waals surface area contributed by atoms with Gasteiger partial charge in [0.05, 0.1) is 40.9 Å². The number of aliphatic hydroxyl groups is 4. The number of hydrogen-bond donors (Lipinski definition) is 5. The van der Waals surface area contributed by atoms with Crippen LogP contribution in [0.5, 0.6) is 0 Å². The van der Waals surface area contributed by atoms with Crippen molar-refractivity contribution in [3.8, 4) is 11.8 Å². The normalized spacial score (nSPS) is 53.9. The van der Waals surface area contributed by atoms with Crippen molar-refractivity contribution in [2.24, 2.45) is 45.8 Å². The van der Waals surface area contributed by atoms with Crippen molar-refractivity contribution >= 4 is 11.7 Å². The van der Waals surface area contributed by atoms with E-state index in [-0.39, 0.29) is 47.5 Å². The van der Waals surface area contributed by atoms with Crippen LogP contribution in [0.15, 0.2) is 11.1 Å². The number of amides is 1. The molecule has 0 aromatic rings. The Bertz CT molecular complexity index is 1650. The lowest BCUT2D eigenvalue weighted by atomic mass is 9.37. The number of carbonyl (C=O) groups is 2. The molecule has 7 bridgehead atoms. The molecule has 0 aromatic carbocycles. The highest BCUT2D eigenvalue weighted by atomic mass is 16.5. The predicted molar refractivity (Wildman–Crippen MR) is 193 cm³/mol. The fourth-order valence-corrected chi connectivity index (χ4v) is 13.9. The molecule has 17 atom stereocenters. The molecule has 6 fully saturated rings. The Morgan fingerprint density at radius 1 is 1.00 bits per heavy atom. The van der Waals surface area contributed by atoms with E-state index in [4.69, 9.17) is 14.2 Å². The Hall–Kier alpha value is -1.88. The van der Waals surface area contributed by atoms with E-state index in [0.717, 1.165) is 30.4 Å². The summed E-state index contributed by atoms with van der Waals surface area (Å²) in [6.45, 7) is 9.81. The first-order valence-electron chi connectivity index (χ1n) is 20.6. The minimum atomic E-state index is -1.66. The molecule has 11 heteroatoms. The molecule has 1 spiro atoms. The van der Waals surface area contributed by atoms with E-state index >= 15 is 0 Å². The van der Waals surface area contributed by atoms with Gasteiger partial charge in [0.2, 0.25) is 5.91 Å². The maximum absolute atomic E-state index is 14.9. The van der Waals surface area contributed by atoms with E-state index in [1.165, 1.54) is 0 Å². The van der Waals surface area contributed by atoms with Crippen molar-refractivity contribution in [2.75, 3.05) is 26.9 Å². The molecule has 3 saturated heterocycles. The number of fused-ring (bicyclic) bond motifs is 4. The van der Waals surface area contributed by atoms with Crippen molar-refractivity contribution in [3.63, 3.8) is 0 Å². The fourth-order valence-electron chi connectivity index (χ4n) is 13.9. The van der Waals surface area contributed by atoms with Gasteiger partial charge in [0, 0.05) is 44.6 Å². The topological polar surface area (TPSA) is 158 Å². The molecule has 10 aliphatic rings. The Morgan fingerprint density at radius 2 is 1.79 bits per heavy atom. The summed E-state index contributed by atoms with van der Waals surface area (Å²) in [6, 6.07) is -0.610. The highest BCUT2D eigenvalue weighted by Gasteiger charge is 2.78. The third-order valence-corrected chi connectivity index (χ3v) is 17.0. The van der Waals surface area contributed by atoms with Crippen molar-refractivity contribution < 1.29 is 44.2 Å². The largest absolute Gasteiger partial charge is 0.387 e. The van der Waals surface area contributed by atoms with E-state index in [9.17, 15) is 30.0 Å². The number of piperidine rings is 1. The van der Waals surface area contributed by atoms with Crippen LogP contribution in [0.1, 0.15) is 98.3 Å². The Labute approximate surface area is 313 Å². The van der Waals surface area contributed by atoms with Crippen LogP contribution in [-0.4, -0.2) is 118 Å². The summed E-state index contributed by atoms with van der Waals surface area (Å²) in [5, 5.41) is 52.9. The first kappa shape index (κ1) is 36.7. The highest BCUT2D eigenvalue weighted by molar-refractivity contribution is 6.01. The van der Waals surface area contributed by atoms with Crippen LogP contribution in [0, 0.1) is 57.7 Å². The number of aliphatic hydroxyl groups excluding tert-OH is 2. The second kappa shape index (κ2) is 12.3. The molecule has 0 radical (unpaired) electrons. The quantitative estimate of drug-likeness (QED) is 0.162. The van der Waals surface area contributed by atoms with Crippen molar-refractivity contribution in [1.82, 2.24) is 10.2 Å². The Morgan fingerprint density at radius 3 is 2.57 bits per heavy atom. The van der Waals surface area contributed by atoms with E-state index in [1.54, 1.807) is 14.0 Å². The summed E-state index contributed by atoms with van der Waals surface area (Å²) in [7, 11) is 1.69. The van der Waals surface area contributed by atoms with E-state index in [1.807, 2.05) is 11.8 Å². The molecule has 0 aromatic heterocycles. The van der Waals surface area contributed by atoms with Crippen LogP contribution in [0.2, 0.25) is 0 Å². The van der Waals surface area contributed by atoms with Gasteiger partial charge < -0.3 is 39.5 Å². The molecule has 1 amide bonds. The molecule has 5 N–H and O–H groups in total. The summed E-state index contributed by atoms with van der Waals surface area (Å²) < 4.78 is 18.0. The Balaban J connectivity index is 1.17. The van der Waals surface area contributed by atoms with E-state index in [0.29, 0.717) is 71.1 Å². The van der Waals surface area contributed by atoms with Gasteiger partial charge in [0.15, 0.2) is 5.78 Å². The summed E-state index contributed by atoms with van der Waals surface area (Å²) in [6.07, 6.45) is 3.03. The highest BCUT2D eigenvalue weighted by Crippen LogP contribution is 2.77. The van der Waals surface area contributed by atoms with Crippen molar-refractivity contribution in [2.45, 2.75) is 152 Å². The van der Waals surface area contributed by atoms with Crippen LogP contribution in [0.25, 0.3) is 0 Å². The molecule has 292 valence electrons. The molecule has 5 aliphatic carbocycles. The average molecular weight is 737 g/mol. The molecule has 10 rings (SSSR count). The summed E-state index contributed by atoms with van der Waals surface area (Å²) in [5.41, 5.74) is -3.65. The molecule has 53 heavy (non-hydrogen) atoms. The fraction of sp³-hybridized carbons (Fsp3) is 0.857. The zero-order valence-electron chi connectivity index (χ0n) is 32.1. The average Bonchev–Trinajstić information content (AvgIpc) is 3.76. The summed E-state index contributed by atoms with van der Waals surface area (Å²) in [4.78, 5) is 30.6. The standard InChI is InChI=1S/C42H60N2O9/c1-22-27-20-29-37(48)44-21-24(44)8-6-12-41-15-14-39(3)30(40(4,49)35(46)32(22)53-33(27)36(47)43-29)18-23-9-10-26(34(41)42(23,39)50)31(45)28-19-25(11-13-38(28,41)2)52-17-7-16-51-5/h22-25,27-30,32-33,35-36,43,46-47,49-50H,7-11,13-21H2,1-5H3. The van der Waals surface area contributed by atoms with Gasteiger partial charge in [-0.15, -0.1) is 5.92 Å². The lowest BCUT2D eigenvalue weighted by molar-refractivity contribution is -0.208. The number of ketones is 1. The van der Waals surface area contributed by atoms with Gasteiger partial charge in [-0.1, -0.05) is 26.7 Å². The van der Waals surface area contributed by atoms with Gasteiger partial charge in [-0.25, -0.2) is 0 Å². The monoisotopic (exact) mass is 736 g/mol. The van der Waals surface area contributed by atoms with Crippen LogP contribution in [-0.2, 0) is 23.8 Å². The van der Waals surface area contributed by atoms with Gasteiger partial charge in [-0.3, -0.25) is 14.9 Å². The smallest absolute Gasteiger partial charge is 0.240 e. The minimum absolute atomic E-state index is 0.0331. The van der Waals surface area contributed by atoms with Crippen molar-refractivity contribution in [3.05, 3.63) is 11.1 Å². The van der Waals surface area contributed by atoms with Gasteiger partial charge in [-0.2, -0.15) is 0 Å². The van der Waals surface area contributed by atoms with E-state index in [2.05, 4.69) is 31.0 Å². The molecule has 3 saturated carbocycles. The number of allylic oxidation sites excluding steroid dienone is 1. The van der Waals surface area contributed by atoms with Crippen LogP contribution in [0.4, 0.5) is 0 Å². The van der Waals surface area contributed by atoms with Crippen LogP contribution >= 0.6 is 0 Å². The number of rotatable bonds is 5. The van der Waals surface area contributed by atoms with Crippen LogP contribution in [0.3, 0.4) is 0 Å².